The smallest absolute Gasteiger partial charge is 0.416 e. The largest absolute Gasteiger partial charge is 0.465 e. The molecule has 1 heterocycles. The average molecular weight is 707 g/mol. The van der Waals surface area contributed by atoms with Crippen LogP contribution in [0.5, 0.6) is 0 Å². The zero-order chi connectivity index (χ0) is 36.9. The van der Waals surface area contributed by atoms with E-state index in [9.17, 15) is 42.6 Å². The predicted octanol–water partition coefficient (Wildman–Crippen LogP) is 6.99. The van der Waals surface area contributed by atoms with Gasteiger partial charge in [0.2, 0.25) is 11.7 Å². The molecule has 0 saturated heterocycles. The first kappa shape index (κ1) is 38.6. The van der Waals surface area contributed by atoms with Crippen LogP contribution in [0.25, 0.3) is 0 Å². The van der Waals surface area contributed by atoms with E-state index in [0.717, 1.165) is 33.9 Å². The van der Waals surface area contributed by atoms with Gasteiger partial charge < -0.3 is 26.2 Å². The standard InChI is InChI=1S/C33H41F3N6O6S/c1-19(43)38-27-39-24(25(49-27)26(44)37-18-21-8-13-22(14-9-21)32(34,35)36)17-12-20-10-15-23(16-11-20)40-33(30(2,3)4,41-28(45)46)42(29(47)48)31(5,6)7/h8-11,13-16,40-41H,12,17-18H2,1-7H3,(H,37,44)(H,45,46)(H,47,48)(H,38,39,43). The summed E-state index contributed by atoms with van der Waals surface area (Å²) in [4.78, 5) is 55.1. The Labute approximate surface area is 286 Å². The number of hydrogen-bond acceptors (Lipinski definition) is 7. The van der Waals surface area contributed by atoms with Crippen LogP contribution in [0.15, 0.2) is 48.5 Å². The molecule has 0 bridgehead atoms. The molecule has 16 heteroatoms. The normalized spacial score (nSPS) is 13.2. The van der Waals surface area contributed by atoms with Gasteiger partial charge in [-0.25, -0.2) is 14.6 Å². The third-order valence-corrected chi connectivity index (χ3v) is 8.43. The number of carbonyl (C=O) groups excluding carboxylic acids is 2. The minimum Gasteiger partial charge on any atom is -0.465 e. The van der Waals surface area contributed by atoms with Crippen molar-refractivity contribution in [3.05, 3.63) is 75.8 Å². The maximum Gasteiger partial charge on any atom is 0.416 e. The summed E-state index contributed by atoms with van der Waals surface area (Å²) in [6.45, 7) is 11.4. The molecular formula is C33H41F3N6O6S. The monoisotopic (exact) mass is 706 g/mol. The van der Waals surface area contributed by atoms with E-state index in [-0.39, 0.29) is 28.9 Å². The highest BCUT2D eigenvalue weighted by molar-refractivity contribution is 7.17. The van der Waals surface area contributed by atoms with Crippen molar-refractivity contribution in [3.63, 3.8) is 0 Å². The lowest BCUT2D eigenvalue weighted by Crippen LogP contribution is -2.76. The van der Waals surface area contributed by atoms with Gasteiger partial charge in [-0.3, -0.25) is 19.8 Å². The van der Waals surface area contributed by atoms with Crippen LogP contribution >= 0.6 is 11.3 Å². The Hall–Kier alpha value is -4.86. The number of anilines is 2. The van der Waals surface area contributed by atoms with Crippen molar-refractivity contribution in [2.24, 2.45) is 5.41 Å². The number of benzene rings is 2. The molecule has 49 heavy (non-hydrogen) atoms. The van der Waals surface area contributed by atoms with E-state index in [4.69, 9.17) is 0 Å². The van der Waals surface area contributed by atoms with Crippen molar-refractivity contribution < 1.29 is 42.6 Å². The number of nitrogens with zero attached hydrogens (tertiary/aromatic N) is 2. The van der Waals surface area contributed by atoms with Gasteiger partial charge in [-0.2, -0.15) is 13.2 Å². The highest BCUT2D eigenvalue weighted by Crippen LogP contribution is 2.39. The minimum atomic E-state index is -4.47. The number of aryl methyl sites for hydroxylation is 2. The van der Waals surface area contributed by atoms with E-state index in [1.807, 2.05) is 0 Å². The lowest BCUT2D eigenvalue weighted by Gasteiger charge is -2.55. The highest BCUT2D eigenvalue weighted by Gasteiger charge is 2.54. The molecule has 12 nitrogen and oxygen atoms in total. The molecule has 3 rings (SSSR count). The molecule has 0 aliphatic rings. The molecule has 2 aromatic carbocycles. The van der Waals surface area contributed by atoms with Gasteiger partial charge in [-0.05, 0) is 69.0 Å². The average Bonchev–Trinajstić information content (AvgIpc) is 3.35. The van der Waals surface area contributed by atoms with Crippen LogP contribution in [0, 0.1) is 5.41 Å². The zero-order valence-corrected chi connectivity index (χ0v) is 29.0. The quantitative estimate of drug-likeness (QED) is 0.116. The van der Waals surface area contributed by atoms with Gasteiger partial charge in [0.1, 0.15) is 4.88 Å². The van der Waals surface area contributed by atoms with E-state index in [2.05, 4.69) is 26.3 Å². The first-order valence-electron chi connectivity index (χ1n) is 15.2. The predicted molar refractivity (Wildman–Crippen MR) is 179 cm³/mol. The number of carbonyl (C=O) groups is 4. The second-order valence-corrected chi connectivity index (χ2v) is 14.4. The lowest BCUT2D eigenvalue weighted by molar-refractivity contribution is -0.137. The van der Waals surface area contributed by atoms with Gasteiger partial charge in [-0.1, -0.05) is 56.4 Å². The van der Waals surface area contributed by atoms with Crippen molar-refractivity contribution >= 4 is 46.2 Å². The van der Waals surface area contributed by atoms with Crippen LogP contribution in [-0.2, 0) is 30.4 Å². The number of alkyl halides is 3. The van der Waals surface area contributed by atoms with Crippen LogP contribution in [0.3, 0.4) is 0 Å². The number of halogens is 3. The van der Waals surface area contributed by atoms with Gasteiger partial charge in [0.15, 0.2) is 5.13 Å². The Balaban J connectivity index is 1.82. The van der Waals surface area contributed by atoms with Crippen molar-refractivity contribution in [2.75, 3.05) is 10.6 Å². The first-order chi connectivity index (χ1) is 22.5. The van der Waals surface area contributed by atoms with Gasteiger partial charge in [0.05, 0.1) is 11.3 Å². The third kappa shape index (κ3) is 9.84. The van der Waals surface area contributed by atoms with E-state index < -0.39 is 46.6 Å². The van der Waals surface area contributed by atoms with Crippen molar-refractivity contribution in [2.45, 2.75) is 85.4 Å². The Morgan fingerprint density at radius 2 is 1.43 bits per heavy atom. The molecule has 6 N–H and O–H groups in total. The van der Waals surface area contributed by atoms with Crippen LogP contribution in [-0.4, -0.2) is 55.4 Å². The summed E-state index contributed by atoms with van der Waals surface area (Å²) in [6, 6.07) is 11.3. The number of thiazole rings is 1. The first-order valence-corrected chi connectivity index (χ1v) is 16.0. The summed E-state index contributed by atoms with van der Waals surface area (Å²) >= 11 is 0.973. The van der Waals surface area contributed by atoms with Crippen LogP contribution < -0.4 is 21.3 Å². The number of aromatic nitrogens is 1. The Morgan fingerprint density at radius 3 is 1.90 bits per heavy atom. The maximum absolute atomic E-state index is 13.1. The summed E-state index contributed by atoms with van der Waals surface area (Å²) in [6.07, 6.45) is -6.53. The van der Waals surface area contributed by atoms with Crippen molar-refractivity contribution in [1.29, 1.82) is 0 Å². The summed E-state index contributed by atoms with van der Waals surface area (Å²) in [5, 5.41) is 31.0. The van der Waals surface area contributed by atoms with Crippen LogP contribution in [0.2, 0.25) is 0 Å². The minimum absolute atomic E-state index is 0.0282. The topological polar surface area (TPSA) is 173 Å². The highest BCUT2D eigenvalue weighted by atomic mass is 32.1. The molecule has 0 radical (unpaired) electrons. The number of amides is 4. The zero-order valence-electron chi connectivity index (χ0n) is 28.2. The maximum atomic E-state index is 13.1. The van der Waals surface area contributed by atoms with Crippen molar-refractivity contribution in [3.8, 4) is 0 Å². The molecule has 266 valence electrons. The van der Waals surface area contributed by atoms with E-state index in [1.54, 1.807) is 65.8 Å². The molecule has 0 saturated carbocycles. The Bertz CT molecular complexity index is 1660. The third-order valence-electron chi connectivity index (χ3n) is 7.42. The van der Waals surface area contributed by atoms with Crippen LogP contribution in [0.4, 0.5) is 33.6 Å². The number of nitrogens with one attached hydrogen (secondary N) is 4. The fourth-order valence-electron chi connectivity index (χ4n) is 5.14. The van der Waals surface area contributed by atoms with E-state index in [1.165, 1.54) is 19.1 Å². The van der Waals surface area contributed by atoms with Crippen LogP contribution in [0.1, 0.15) is 80.5 Å². The molecule has 3 aromatic rings. The fourth-order valence-corrected chi connectivity index (χ4v) is 6.12. The van der Waals surface area contributed by atoms with E-state index in [0.29, 0.717) is 23.4 Å². The van der Waals surface area contributed by atoms with Crippen molar-refractivity contribution in [1.82, 2.24) is 20.5 Å². The summed E-state index contributed by atoms with van der Waals surface area (Å²) in [5.74, 6) is -2.67. The molecule has 1 atom stereocenters. The molecule has 1 aromatic heterocycles. The molecule has 0 aliphatic carbocycles. The Kier molecular flexibility index (Phi) is 11.6. The summed E-state index contributed by atoms with van der Waals surface area (Å²) < 4.78 is 38.7. The van der Waals surface area contributed by atoms with Gasteiger partial charge in [0.25, 0.3) is 5.91 Å². The number of carboxylic acid groups (broad SMARTS) is 2. The molecule has 4 amide bonds. The SMILES string of the molecule is CC(=O)Nc1nc(CCc2ccc(NC(NC(=O)O)(N(C(=O)O)C(C)(C)C)C(C)(C)C)cc2)c(C(=O)NCc2ccc(C(F)(F)F)cc2)s1. The fraction of sp³-hybridized carbons (Fsp3) is 0.424. The second-order valence-electron chi connectivity index (χ2n) is 13.4. The lowest BCUT2D eigenvalue weighted by atomic mass is 9.82. The molecule has 0 aliphatic heterocycles. The van der Waals surface area contributed by atoms with Gasteiger partial charge in [0, 0.05) is 30.1 Å². The Morgan fingerprint density at radius 1 is 0.857 bits per heavy atom. The van der Waals surface area contributed by atoms with E-state index >= 15 is 0 Å². The molecule has 0 fully saturated rings. The second kappa shape index (κ2) is 14.7. The number of hydrogen-bond donors (Lipinski definition) is 6. The summed E-state index contributed by atoms with van der Waals surface area (Å²) in [5.41, 5.74) is -0.669. The van der Waals surface area contributed by atoms with Gasteiger partial charge in [-0.15, -0.1) is 0 Å². The molecular weight excluding hydrogens is 665 g/mol. The molecule has 0 spiro atoms. The number of rotatable bonds is 11. The molecule has 1 unspecified atom stereocenters. The van der Waals surface area contributed by atoms with Gasteiger partial charge >= 0.3 is 18.4 Å². The summed E-state index contributed by atoms with van der Waals surface area (Å²) in [7, 11) is 0.